The normalized spacial score (nSPS) is 28.4. The fraction of sp³-hybridized carbons (Fsp3) is 0.750. The Morgan fingerprint density at radius 1 is 1.71 bits per heavy atom. The van der Waals surface area contributed by atoms with Gasteiger partial charge in [0.05, 0.1) is 11.5 Å². The number of rotatable bonds is 3. The smallest absolute Gasteiger partial charge is 0.330 e. The number of nitrogens with zero attached hydrogens (tertiary/aromatic N) is 1. The van der Waals surface area contributed by atoms with Crippen LogP contribution in [-0.2, 0) is 19.1 Å². The molecule has 0 aromatic rings. The maximum atomic E-state index is 11.9. The lowest BCUT2D eigenvalue weighted by molar-refractivity contribution is -0.162. The highest BCUT2D eigenvalue weighted by Crippen LogP contribution is 2.33. The van der Waals surface area contributed by atoms with Gasteiger partial charge in [-0.3, -0.25) is 9.59 Å². The molecular weight excluding hydrogens is 222 g/mol. The van der Waals surface area contributed by atoms with Crippen LogP contribution in [0.3, 0.4) is 0 Å². The van der Waals surface area contributed by atoms with E-state index in [1.54, 1.807) is 13.8 Å². The Bertz CT molecular complexity index is 382. The van der Waals surface area contributed by atoms with Gasteiger partial charge in [-0.05, 0) is 27.2 Å². The number of nitriles is 1. The van der Waals surface area contributed by atoms with Gasteiger partial charge in [0.15, 0.2) is 11.5 Å². The lowest BCUT2D eigenvalue weighted by Crippen LogP contribution is -2.39. The summed E-state index contributed by atoms with van der Waals surface area (Å²) in [7, 11) is 0. The Morgan fingerprint density at radius 2 is 2.29 bits per heavy atom. The van der Waals surface area contributed by atoms with Gasteiger partial charge in [-0.2, -0.15) is 5.26 Å². The Kier molecular flexibility index (Phi) is 3.46. The predicted octanol–water partition coefficient (Wildman–Crippen LogP) is 1.42. The van der Waals surface area contributed by atoms with E-state index in [2.05, 4.69) is 0 Å². The minimum atomic E-state index is -1.39. The Hall–Kier alpha value is -1.57. The van der Waals surface area contributed by atoms with E-state index < -0.39 is 28.9 Å². The Morgan fingerprint density at radius 3 is 2.76 bits per heavy atom. The molecular formula is C12H17NO4. The van der Waals surface area contributed by atoms with E-state index in [4.69, 9.17) is 14.7 Å². The number of ether oxygens (including phenoxy) is 2. The second-order valence-electron chi connectivity index (χ2n) is 5.04. The molecule has 1 heterocycles. The van der Waals surface area contributed by atoms with Crippen LogP contribution in [0.5, 0.6) is 0 Å². The summed E-state index contributed by atoms with van der Waals surface area (Å²) in [5, 5.41) is 9.00. The van der Waals surface area contributed by atoms with E-state index >= 15 is 0 Å². The Balaban J connectivity index is 2.81. The van der Waals surface area contributed by atoms with Gasteiger partial charge in [-0.1, -0.05) is 6.92 Å². The maximum absolute atomic E-state index is 11.9. The zero-order chi connectivity index (χ0) is 13.3. The van der Waals surface area contributed by atoms with Crippen molar-refractivity contribution in [2.75, 3.05) is 6.61 Å². The molecule has 1 saturated heterocycles. The lowest BCUT2D eigenvalue weighted by atomic mass is 9.87. The summed E-state index contributed by atoms with van der Waals surface area (Å²) in [6.07, 6.45) is -0.199. The second kappa shape index (κ2) is 4.36. The fourth-order valence-corrected chi connectivity index (χ4v) is 1.30. The van der Waals surface area contributed by atoms with Gasteiger partial charge in [0.1, 0.15) is 6.61 Å². The molecule has 5 nitrogen and oxygen atoms in total. The van der Waals surface area contributed by atoms with Crippen LogP contribution in [0.4, 0.5) is 0 Å². The van der Waals surface area contributed by atoms with Crippen molar-refractivity contribution >= 4 is 11.9 Å². The molecule has 0 aromatic carbocycles. The number of cyclic esters (lactones) is 1. The first kappa shape index (κ1) is 13.5. The first-order valence-electron chi connectivity index (χ1n) is 5.57. The molecule has 1 aliphatic heterocycles. The van der Waals surface area contributed by atoms with Crippen LogP contribution in [0.15, 0.2) is 0 Å². The van der Waals surface area contributed by atoms with Gasteiger partial charge in [0, 0.05) is 0 Å². The average Bonchev–Trinajstić information content (AvgIpc) is 2.57. The van der Waals surface area contributed by atoms with E-state index in [0.29, 0.717) is 6.42 Å². The predicted molar refractivity (Wildman–Crippen MR) is 58.6 cm³/mol. The summed E-state index contributed by atoms with van der Waals surface area (Å²) in [5.74, 6) is -1.04. The highest BCUT2D eigenvalue weighted by Gasteiger charge is 2.52. The third kappa shape index (κ3) is 2.26. The topological polar surface area (TPSA) is 76.4 Å². The number of hydrogen-bond donors (Lipinski definition) is 0. The van der Waals surface area contributed by atoms with Crippen LogP contribution in [0, 0.1) is 22.2 Å². The SMILES string of the molecule is CCC(C)(C)C(=O)OC1COC(=O)C1(C)C#N. The largest absolute Gasteiger partial charge is 0.460 e. The van der Waals surface area contributed by atoms with Gasteiger partial charge >= 0.3 is 11.9 Å². The van der Waals surface area contributed by atoms with Crippen LogP contribution < -0.4 is 0 Å². The number of carbonyl (C=O) groups is 2. The maximum Gasteiger partial charge on any atom is 0.330 e. The van der Waals surface area contributed by atoms with Crippen LogP contribution in [-0.4, -0.2) is 24.6 Å². The summed E-state index contributed by atoms with van der Waals surface area (Å²) >= 11 is 0. The van der Waals surface area contributed by atoms with Crippen molar-refractivity contribution in [2.24, 2.45) is 10.8 Å². The molecule has 0 bridgehead atoms. The van der Waals surface area contributed by atoms with E-state index in [0.717, 1.165) is 0 Å². The molecule has 0 aromatic heterocycles. The third-order valence-corrected chi connectivity index (χ3v) is 3.35. The van der Waals surface area contributed by atoms with Crippen LogP contribution >= 0.6 is 0 Å². The zero-order valence-corrected chi connectivity index (χ0v) is 10.6. The van der Waals surface area contributed by atoms with E-state index in [9.17, 15) is 9.59 Å². The van der Waals surface area contributed by atoms with Crippen molar-refractivity contribution in [3.05, 3.63) is 0 Å². The summed E-state index contributed by atoms with van der Waals surface area (Å²) in [6, 6.07) is 1.86. The molecule has 0 spiro atoms. The highest BCUT2D eigenvalue weighted by atomic mass is 16.6. The van der Waals surface area contributed by atoms with Gasteiger partial charge in [-0.15, -0.1) is 0 Å². The van der Waals surface area contributed by atoms with Crippen molar-refractivity contribution in [2.45, 2.75) is 40.2 Å². The monoisotopic (exact) mass is 239 g/mol. The molecule has 1 aliphatic rings. The van der Waals surface area contributed by atoms with Crippen LogP contribution in [0.2, 0.25) is 0 Å². The molecule has 0 aliphatic carbocycles. The van der Waals surface area contributed by atoms with E-state index in [1.807, 2.05) is 13.0 Å². The van der Waals surface area contributed by atoms with E-state index in [-0.39, 0.29) is 6.61 Å². The summed E-state index contributed by atoms with van der Waals surface area (Å²) in [4.78, 5) is 23.3. The van der Waals surface area contributed by atoms with Crippen LogP contribution in [0.1, 0.15) is 34.1 Å². The summed E-state index contributed by atoms with van der Waals surface area (Å²) in [5.41, 5.74) is -2.01. The molecule has 17 heavy (non-hydrogen) atoms. The van der Waals surface area contributed by atoms with Crippen molar-refractivity contribution in [3.8, 4) is 6.07 Å². The number of carbonyl (C=O) groups excluding carboxylic acids is 2. The fourth-order valence-electron chi connectivity index (χ4n) is 1.30. The van der Waals surface area contributed by atoms with Crippen molar-refractivity contribution in [3.63, 3.8) is 0 Å². The molecule has 0 saturated carbocycles. The second-order valence-corrected chi connectivity index (χ2v) is 5.04. The molecule has 94 valence electrons. The molecule has 1 fully saturated rings. The van der Waals surface area contributed by atoms with Crippen molar-refractivity contribution in [1.29, 1.82) is 5.26 Å². The van der Waals surface area contributed by atoms with Crippen molar-refractivity contribution < 1.29 is 19.1 Å². The lowest BCUT2D eigenvalue weighted by Gasteiger charge is -2.25. The minimum absolute atomic E-state index is 0.0472. The van der Waals surface area contributed by atoms with E-state index in [1.165, 1.54) is 6.92 Å². The highest BCUT2D eigenvalue weighted by molar-refractivity contribution is 5.84. The summed E-state index contributed by atoms with van der Waals surface area (Å²) < 4.78 is 10.0. The third-order valence-electron chi connectivity index (χ3n) is 3.35. The standard InChI is InChI=1S/C12H17NO4/c1-5-11(2,3)9(14)17-8-6-16-10(15)12(8,4)7-13/h8H,5-6H2,1-4H3. The minimum Gasteiger partial charge on any atom is -0.460 e. The number of hydrogen-bond acceptors (Lipinski definition) is 5. The first-order chi connectivity index (χ1) is 7.78. The Labute approximate surface area is 101 Å². The molecule has 5 heteroatoms. The zero-order valence-electron chi connectivity index (χ0n) is 10.6. The molecule has 0 N–H and O–H groups in total. The van der Waals surface area contributed by atoms with Gasteiger partial charge < -0.3 is 9.47 Å². The molecule has 2 atom stereocenters. The van der Waals surface area contributed by atoms with Gasteiger partial charge in [-0.25, -0.2) is 0 Å². The first-order valence-corrected chi connectivity index (χ1v) is 5.57. The quantitative estimate of drug-likeness (QED) is 0.696. The summed E-state index contributed by atoms with van der Waals surface area (Å²) in [6.45, 7) is 6.78. The van der Waals surface area contributed by atoms with Crippen molar-refractivity contribution in [1.82, 2.24) is 0 Å². The molecule has 2 unspecified atom stereocenters. The molecule has 0 radical (unpaired) electrons. The number of esters is 2. The van der Waals surface area contributed by atoms with Gasteiger partial charge in [0.2, 0.25) is 0 Å². The molecule has 1 rings (SSSR count). The van der Waals surface area contributed by atoms with Gasteiger partial charge in [0.25, 0.3) is 0 Å². The average molecular weight is 239 g/mol. The van der Waals surface area contributed by atoms with Crippen LogP contribution in [0.25, 0.3) is 0 Å². The molecule has 0 amide bonds.